The quantitative estimate of drug-likeness (QED) is 0.592. The number of fused-ring (bicyclic) bond motifs is 1. The second-order valence-electron chi connectivity index (χ2n) is 8.65. The molecule has 0 saturated heterocycles. The van der Waals surface area contributed by atoms with Crippen LogP contribution in [0.5, 0.6) is 5.75 Å². The molecule has 2 heterocycles. The van der Waals surface area contributed by atoms with E-state index < -0.39 is 0 Å². The van der Waals surface area contributed by atoms with Gasteiger partial charge in [-0.05, 0) is 55.3 Å². The van der Waals surface area contributed by atoms with E-state index in [1.165, 1.54) is 16.0 Å². The van der Waals surface area contributed by atoms with Gasteiger partial charge in [0.1, 0.15) is 12.4 Å². The van der Waals surface area contributed by atoms with Crippen molar-refractivity contribution in [2.24, 2.45) is 5.92 Å². The summed E-state index contributed by atoms with van der Waals surface area (Å²) in [4.78, 5) is 30.9. The fraction of sp³-hybridized carbons (Fsp3) is 0.520. The van der Waals surface area contributed by atoms with Crippen LogP contribution in [0.2, 0.25) is 0 Å². The van der Waals surface area contributed by atoms with Crippen LogP contribution < -0.4 is 4.74 Å². The number of amides is 2. The Kier molecular flexibility index (Phi) is 7.76. The molecule has 1 aliphatic heterocycles. The highest BCUT2D eigenvalue weighted by molar-refractivity contribution is 7.10. The molecule has 0 spiro atoms. The van der Waals surface area contributed by atoms with E-state index >= 15 is 0 Å². The highest BCUT2D eigenvalue weighted by Crippen LogP contribution is 2.34. The zero-order valence-corrected chi connectivity index (χ0v) is 20.1. The van der Waals surface area contributed by atoms with E-state index in [1.54, 1.807) is 16.2 Å². The summed E-state index contributed by atoms with van der Waals surface area (Å²) in [6.07, 6.45) is 1.68. The molecule has 2 amide bonds. The Bertz CT molecular complexity index is 921. The summed E-state index contributed by atoms with van der Waals surface area (Å²) >= 11 is 1.74. The van der Waals surface area contributed by atoms with Gasteiger partial charge in [-0.25, -0.2) is 0 Å². The summed E-state index contributed by atoms with van der Waals surface area (Å²) in [6.45, 7) is 11.7. The van der Waals surface area contributed by atoms with Crippen LogP contribution in [0, 0.1) is 19.8 Å². The molecule has 168 valence electrons. The lowest BCUT2D eigenvalue weighted by atomic mass is 10.00. The maximum atomic E-state index is 13.4. The molecule has 31 heavy (non-hydrogen) atoms. The Hall–Kier alpha value is -2.34. The van der Waals surface area contributed by atoms with Crippen LogP contribution in [0.25, 0.3) is 0 Å². The SMILES string of the molecule is CCCN(CC(=O)N1CCc2sccc2[C@@H]1COc1ccc(C)cc1C)C(=O)C(C)C. The van der Waals surface area contributed by atoms with Crippen molar-refractivity contribution in [2.45, 2.75) is 53.5 Å². The summed E-state index contributed by atoms with van der Waals surface area (Å²) < 4.78 is 6.21. The molecule has 3 rings (SSSR count). The van der Waals surface area contributed by atoms with Crippen LogP contribution in [0.4, 0.5) is 0 Å². The zero-order valence-electron chi connectivity index (χ0n) is 19.3. The van der Waals surface area contributed by atoms with E-state index in [0.717, 1.165) is 24.2 Å². The van der Waals surface area contributed by atoms with Gasteiger partial charge in [0.25, 0.3) is 0 Å². The van der Waals surface area contributed by atoms with Gasteiger partial charge in [-0.1, -0.05) is 38.5 Å². The largest absolute Gasteiger partial charge is 0.491 e. The Morgan fingerprint density at radius 2 is 2.03 bits per heavy atom. The van der Waals surface area contributed by atoms with Gasteiger partial charge >= 0.3 is 0 Å². The minimum atomic E-state index is -0.138. The Morgan fingerprint density at radius 3 is 2.71 bits per heavy atom. The number of nitrogens with zero attached hydrogens (tertiary/aromatic N) is 2. The summed E-state index contributed by atoms with van der Waals surface area (Å²) in [5.41, 5.74) is 3.47. The third-order valence-electron chi connectivity index (χ3n) is 5.77. The fourth-order valence-corrected chi connectivity index (χ4v) is 5.09. The molecule has 1 aromatic heterocycles. The molecular weight excluding hydrogens is 408 g/mol. The first kappa shape index (κ1) is 23.3. The number of aryl methyl sites for hydroxylation is 2. The first-order chi connectivity index (χ1) is 14.8. The summed E-state index contributed by atoms with van der Waals surface area (Å²) in [5, 5.41) is 2.09. The van der Waals surface area contributed by atoms with Crippen LogP contribution in [-0.2, 0) is 16.0 Å². The van der Waals surface area contributed by atoms with Crippen molar-refractivity contribution in [3.8, 4) is 5.75 Å². The highest BCUT2D eigenvalue weighted by atomic mass is 32.1. The molecule has 0 unspecified atom stereocenters. The first-order valence-corrected chi connectivity index (χ1v) is 12.0. The van der Waals surface area contributed by atoms with Gasteiger partial charge in [0.05, 0.1) is 12.6 Å². The van der Waals surface area contributed by atoms with E-state index in [2.05, 4.69) is 24.4 Å². The smallest absolute Gasteiger partial charge is 0.242 e. The van der Waals surface area contributed by atoms with E-state index in [-0.39, 0.29) is 30.3 Å². The van der Waals surface area contributed by atoms with Crippen molar-refractivity contribution in [1.82, 2.24) is 9.80 Å². The number of carbonyl (C=O) groups excluding carboxylic acids is 2. The Labute approximate surface area is 190 Å². The predicted molar refractivity (Wildman–Crippen MR) is 126 cm³/mol. The molecule has 0 radical (unpaired) electrons. The summed E-state index contributed by atoms with van der Waals surface area (Å²) in [6, 6.07) is 8.12. The highest BCUT2D eigenvalue weighted by Gasteiger charge is 2.33. The van der Waals surface area contributed by atoms with Gasteiger partial charge in [0.15, 0.2) is 0 Å². The average Bonchev–Trinajstić information content (AvgIpc) is 3.21. The number of hydrogen-bond donors (Lipinski definition) is 0. The van der Waals surface area contributed by atoms with Crippen molar-refractivity contribution in [2.75, 3.05) is 26.2 Å². The molecule has 1 aliphatic rings. The number of thiophene rings is 1. The minimum absolute atomic E-state index is 0.00599. The number of ether oxygens (including phenoxy) is 1. The molecule has 1 atom stereocenters. The average molecular weight is 443 g/mol. The van der Waals surface area contributed by atoms with Crippen molar-refractivity contribution in [3.05, 3.63) is 51.2 Å². The van der Waals surface area contributed by atoms with Crippen molar-refractivity contribution >= 4 is 23.2 Å². The van der Waals surface area contributed by atoms with Crippen LogP contribution in [0.15, 0.2) is 29.6 Å². The third-order valence-corrected chi connectivity index (χ3v) is 6.76. The second-order valence-corrected chi connectivity index (χ2v) is 9.65. The molecule has 0 bridgehead atoms. The lowest BCUT2D eigenvalue weighted by Gasteiger charge is -2.37. The van der Waals surface area contributed by atoms with Gasteiger partial charge in [-0.15, -0.1) is 11.3 Å². The molecule has 2 aromatic rings. The fourth-order valence-electron chi connectivity index (χ4n) is 4.16. The lowest BCUT2D eigenvalue weighted by molar-refractivity contribution is -0.144. The Balaban J connectivity index is 1.78. The zero-order chi connectivity index (χ0) is 22.5. The minimum Gasteiger partial charge on any atom is -0.491 e. The van der Waals surface area contributed by atoms with Crippen LogP contribution in [0.1, 0.15) is 54.8 Å². The van der Waals surface area contributed by atoms with E-state index in [0.29, 0.717) is 19.7 Å². The van der Waals surface area contributed by atoms with E-state index in [1.807, 2.05) is 44.7 Å². The van der Waals surface area contributed by atoms with Gasteiger partial charge in [0.2, 0.25) is 11.8 Å². The number of rotatable bonds is 8. The van der Waals surface area contributed by atoms with E-state index in [4.69, 9.17) is 4.74 Å². The van der Waals surface area contributed by atoms with Crippen molar-refractivity contribution < 1.29 is 14.3 Å². The molecule has 0 aliphatic carbocycles. The monoisotopic (exact) mass is 442 g/mol. The van der Waals surface area contributed by atoms with E-state index in [9.17, 15) is 9.59 Å². The maximum absolute atomic E-state index is 13.4. The molecule has 0 fully saturated rings. The van der Waals surface area contributed by atoms with Crippen LogP contribution >= 0.6 is 11.3 Å². The summed E-state index contributed by atoms with van der Waals surface area (Å²) in [5.74, 6) is 0.760. The first-order valence-electron chi connectivity index (χ1n) is 11.2. The van der Waals surface area contributed by atoms with Gasteiger partial charge in [0, 0.05) is 23.9 Å². The number of hydrogen-bond acceptors (Lipinski definition) is 4. The molecule has 1 aromatic carbocycles. The molecule has 5 nitrogen and oxygen atoms in total. The third kappa shape index (κ3) is 5.48. The van der Waals surface area contributed by atoms with Crippen LogP contribution in [0.3, 0.4) is 0 Å². The lowest BCUT2D eigenvalue weighted by Crippen LogP contribution is -2.48. The number of carbonyl (C=O) groups is 2. The molecule has 6 heteroatoms. The molecular formula is C25H34N2O3S. The summed E-state index contributed by atoms with van der Waals surface area (Å²) in [7, 11) is 0. The van der Waals surface area contributed by atoms with Crippen molar-refractivity contribution in [3.63, 3.8) is 0 Å². The molecule has 0 saturated carbocycles. The Morgan fingerprint density at radius 1 is 1.26 bits per heavy atom. The molecule has 0 N–H and O–H groups in total. The predicted octanol–water partition coefficient (Wildman–Crippen LogP) is 4.76. The second kappa shape index (κ2) is 10.3. The van der Waals surface area contributed by atoms with Crippen LogP contribution in [-0.4, -0.2) is 47.9 Å². The topological polar surface area (TPSA) is 49.9 Å². The van der Waals surface area contributed by atoms with Gasteiger partial charge in [-0.3, -0.25) is 9.59 Å². The van der Waals surface area contributed by atoms with Gasteiger partial charge in [-0.2, -0.15) is 0 Å². The number of benzene rings is 1. The van der Waals surface area contributed by atoms with Crippen molar-refractivity contribution in [1.29, 1.82) is 0 Å². The van der Waals surface area contributed by atoms with Gasteiger partial charge < -0.3 is 14.5 Å². The standard InChI is InChI=1S/C25H34N2O3S/c1-6-11-26(25(29)17(2)3)15-24(28)27-12-9-23-20(10-13-31-23)21(27)16-30-22-8-7-18(4)14-19(22)5/h7-8,10,13-14,17,21H,6,9,11-12,15-16H2,1-5H3/t21-/m0/s1. The maximum Gasteiger partial charge on any atom is 0.242 e. The normalized spacial score (nSPS) is 15.7.